The van der Waals surface area contributed by atoms with Crippen LogP contribution >= 0.6 is 0 Å². The highest BCUT2D eigenvalue weighted by atomic mass is 16.3. The lowest BCUT2D eigenvalue weighted by atomic mass is 9.80. The minimum absolute atomic E-state index is 0.0608. The van der Waals surface area contributed by atoms with E-state index in [9.17, 15) is 10.2 Å². The summed E-state index contributed by atoms with van der Waals surface area (Å²) in [5.41, 5.74) is 10.6. The highest BCUT2D eigenvalue weighted by molar-refractivity contribution is 6.25. The van der Waals surface area contributed by atoms with Crippen molar-refractivity contribution in [2.24, 2.45) is 0 Å². The Balaban J connectivity index is 1.28. The van der Waals surface area contributed by atoms with Gasteiger partial charge in [0, 0.05) is 11.5 Å². The van der Waals surface area contributed by atoms with Crippen molar-refractivity contribution < 1.29 is 10.2 Å². The maximum Gasteiger partial charge on any atom is 0.119 e. The lowest BCUT2D eigenvalue weighted by Crippen LogP contribution is -2.15. The largest absolute Gasteiger partial charge is 0.508 e. The molecular formula is C41H34O2. The Morgan fingerprint density at radius 2 is 1.02 bits per heavy atom. The van der Waals surface area contributed by atoms with Gasteiger partial charge in [-0.25, -0.2) is 0 Å². The standard InChI is InChI=1S/C41H34O2/c1-40(2,3)29-16-26-7-6-23-8-12-32(35-15-11-27(17-29)38(26)39(23)35)25-10-14-34-33-13-9-24(28-18-30(42)22-31(43)19-28)20-36(33)41(4,5)37(34)21-25/h6-22,42-43H,1-5H3. The first kappa shape index (κ1) is 25.9. The quantitative estimate of drug-likeness (QED) is 0.207. The average molecular weight is 559 g/mol. The van der Waals surface area contributed by atoms with Gasteiger partial charge in [-0.2, -0.15) is 0 Å². The molecule has 0 unspecified atom stereocenters. The predicted molar refractivity (Wildman–Crippen MR) is 181 cm³/mol. The second kappa shape index (κ2) is 8.61. The van der Waals surface area contributed by atoms with Crippen molar-refractivity contribution in [3.05, 3.63) is 120 Å². The van der Waals surface area contributed by atoms with Gasteiger partial charge < -0.3 is 10.2 Å². The van der Waals surface area contributed by atoms with Crippen LogP contribution in [0.25, 0.3) is 65.7 Å². The summed E-state index contributed by atoms with van der Waals surface area (Å²) in [4.78, 5) is 0. The smallest absolute Gasteiger partial charge is 0.119 e. The first-order valence-electron chi connectivity index (χ1n) is 15.0. The summed E-state index contributed by atoms with van der Waals surface area (Å²) in [5, 5.41) is 28.0. The number of rotatable bonds is 2. The second-order valence-corrected chi connectivity index (χ2v) is 13.8. The molecule has 7 aromatic carbocycles. The van der Waals surface area contributed by atoms with Crippen LogP contribution in [0.2, 0.25) is 0 Å². The van der Waals surface area contributed by atoms with Crippen LogP contribution in [0.15, 0.2) is 103 Å². The molecule has 0 saturated heterocycles. The summed E-state index contributed by atoms with van der Waals surface area (Å²) in [6, 6.07) is 36.7. The molecule has 0 amide bonds. The first-order valence-corrected chi connectivity index (χ1v) is 15.0. The highest BCUT2D eigenvalue weighted by Crippen LogP contribution is 2.51. The average Bonchev–Trinajstić information content (AvgIpc) is 3.20. The van der Waals surface area contributed by atoms with Gasteiger partial charge in [0.1, 0.15) is 11.5 Å². The third-order valence-corrected chi connectivity index (χ3v) is 9.69. The molecule has 0 spiro atoms. The van der Waals surface area contributed by atoms with Gasteiger partial charge in [0.2, 0.25) is 0 Å². The molecule has 7 aromatic rings. The maximum atomic E-state index is 10.1. The number of hydrogen-bond acceptors (Lipinski definition) is 2. The van der Waals surface area contributed by atoms with E-state index in [1.807, 2.05) is 0 Å². The molecule has 0 heterocycles. The number of aromatic hydroxyl groups is 2. The zero-order valence-corrected chi connectivity index (χ0v) is 25.2. The van der Waals surface area contributed by atoms with Crippen LogP contribution in [0.3, 0.4) is 0 Å². The van der Waals surface area contributed by atoms with Crippen molar-refractivity contribution >= 4 is 32.3 Å². The molecule has 2 N–H and O–H groups in total. The van der Waals surface area contributed by atoms with Crippen molar-refractivity contribution in [2.75, 3.05) is 0 Å². The molecule has 0 fully saturated rings. The molecule has 2 nitrogen and oxygen atoms in total. The van der Waals surface area contributed by atoms with Crippen LogP contribution in [0.4, 0.5) is 0 Å². The molecule has 0 atom stereocenters. The molecule has 43 heavy (non-hydrogen) atoms. The Hall–Kier alpha value is -4.82. The van der Waals surface area contributed by atoms with E-state index in [0.29, 0.717) is 0 Å². The van der Waals surface area contributed by atoms with Crippen molar-refractivity contribution in [1.29, 1.82) is 0 Å². The van der Waals surface area contributed by atoms with Gasteiger partial charge in [0.05, 0.1) is 0 Å². The van der Waals surface area contributed by atoms with Crippen LogP contribution in [-0.4, -0.2) is 10.2 Å². The van der Waals surface area contributed by atoms with E-state index in [0.717, 1.165) is 11.1 Å². The Bertz CT molecular complexity index is 2220. The summed E-state index contributed by atoms with van der Waals surface area (Å²) in [5.74, 6) is 0.122. The van der Waals surface area contributed by atoms with E-state index in [2.05, 4.69) is 120 Å². The fourth-order valence-electron chi connectivity index (χ4n) is 7.35. The third-order valence-electron chi connectivity index (χ3n) is 9.69. The molecule has 0 saturated carbocycles. The van der Waals surface area contributed by atoms with E-state index in [1.165, 1.54) is 77.3 Å². The molecular weight excluding hydrogens is 524 g/mol. The van der Waals surface area contributed by atoms with Gasteiger partial charge in [0.25, 0.3) is 0 Å². The Morgan fingerprint density at radius 3 is 1.67 bits per heavy atom. The lowest BCUT2D eigenvalue weighted by molar-refractivity contribution is 0.451. The summed E-state index contributed by atoms with van der Waals surface area (Å²) < 4.78 is 0. The van der Waals surface area contributed by atoms with Gasteiger partial charge in [-0.3, -0.25) is 0 Å². The molecule has 0 bridgehead atoms. The van der Waals surface area contributed by atoms with E-state index < -0.39 is 0 Å². The number of phenols is 2. The van der Waals surface area contributed by atoms with Crippen molar-refractivity contribution in [2.45, 2.75) is 45.4 Å². The number of phenolic OH excluding ortho intramolecular Hbond substituents is 2. The summed E-state index contributed by atoms with van der Waals surface area (Å²) in [6.45, 7) is 11.4. The molecule has 1 aliphatic carbocycles. The second-order valence-electron chi connectivity index (χ2n) is 13.8. The summed E-state index contributed by atoms with van der Waals surface area (Å²) in [7, 11) is 0. The van der Waals surface area contributed by atoms with Crippen molar-refractivity contribution in [1.82, 2.24) is 0 Å². The van der Waals surface area contributed by atoms with E-state index in [-0.39, 0.29) is 22.3 Å². The van der Waals surface area contributed by atoms with E-state index in [1.54, 1.807) is 12.1 Å². The Labute approximate surface area is 252 Å². The van der Waals surface area contributed by atoms with Gasteiger partial charge in [-0.1, -0.05) is 107 Å². The van der Waals surface area contributed by atoms with Gasteiger partial charge in [-0.15, -0.1) is 0 Å². The number of benzene rings is 7. The predicted octanol–water partition coefficient (Wildman–Crippen LogP) is 10.9. The van der Waals surface area contributed by atoms with Crippen LogP contribution in [0, 0.1) is 0 Å². The molecule has 0 aliphatic heterocycles. The zero-order chi connectivity index (χ0) is 29.8. The van der Waals surface area contributed by atoms with Crippen molar-refractivity contribution in [3.8, 4) is 44.9 Å². The fraction of sp³-hybridized carbons (Fsp3) is 0.171. The third kappa shape index (κ3) is 3.79. The molecule has 8 rings (SSSR count). The zero-order valence-electron chi connectivity index (χ0n) is 25.2. The van der Waals surface area contributed by atoms with Gasteiger partial charge in [0.15, 0.2) is 0 Å². The fourth-order valence-corrected chi connectivity index (χ4v) is 7.35. The van der Waals surface area contributed by atoms with Gasteiger partial charge in [-0.05, 0) is 112 Å². The normalized spacial score (nSPS) is 14.1. The van der Waals surface area contributed by atoms with Crippen LogP contribution in [-0.2, 0) is 10.8 Å². The molecule has 2 heteroatoms. The summed E-state index contributed by atoms with van der Waals surface area (Å²) >= 11 is 0. The van der Waals surface area contributed by atoms with Crippen LogP contribution in [0.5, 0.6) is 11.5 Å². The van der Waals surface area contributed by atoms with E-state index in [4.69, 9.17) is 0 Å². The topological polar surface area (TPSA) is 40.5 Å². The van der Waals surface area contributed by atoms with Crippen LogP contribution in [0.1, 0.15) is 51.3 Å². The van der Waals surface area contributed by atoms with Crippen molar-refractivity contribution in [3.63, 3.8) is 0 Å². The molecule has 0 aromatic heterocycles. The molecule has 1 aliphatic rings. The molecule has 0 radical (unpaired) electrons. The molecule has 210 valence electrons. The number of fused-ring (bicyclic) bond motifs is 3. The SMILES string of the molecule is CC(C)(C)c1cc2ccc3ccc(-c4ccc5c(c4)C(C)(C)c4cc(-c6cc(O)cc(O)c6)ccc4-5)c4ccc(c1)c2c34. The monoisotopic (exact) mass is 558 g/mol. The minimum atomic E-state index is -0.206. The van der Waals surface area contributed by atoms with Gasteiger partial charge >= 0.3 is 0 Å². The maximum absolute atomic E-state index is 10.1. The minimum Gasteiger partial charge on any atom is -0.508 e. The number of hydrogen-bond donors (Lipinski definition) is 2. The van der Waals surface area contributed by atoms with Crippen LogP contribution < -0.4 is 0 Å². The highest BCUT2D eigenvalue weighted by Gasteiger charge is 2.36. The first-order chi connectivity index (χ1) is 20.5. The Morgan fingerprint density at radius 1 is 0.488 bits per heavy atom. The Kier molecular flexibility index (Phi) is 5.18. The van der Waals surface area contributed by atoms with E-state index >= 15 is 0 Å². The lowest BCUT2D eigenvalue weighted by Gasteiger charge is -2.23. The summed E-state index contributed by atoms with van der Waals surface area (Å²) in [6.07, 6.45) is 0.